The van der Waals surface area contributed by atoms with Crippen molar-refractivity contribution in [1.82, 2.24) is 25.1 Å². The molecule has 0 fully saturated rings. The average molecular weight is 472 g/mol. The molecular weight excluding hydrogens is 454 g/mol. The van der Waals surface area contributed by atoms with Gasteiger partial charge in [-0.05, 0) is 18.6 Å². The topological polar surface area (TPSA) is 100 Å². The van der Waals surface area contributed by atoms with Crippen LogP contribution in [-0.2, 0) is 0 Å². The highest BCUT2D eigenvalue weighted by atomic mass is 32.2. The van der Waals surface area contributed by atoms with Crippen molar-refractivity contribution < 1.29 is 4.42 Å². The number of nitrogens with one attached hydrogen (secondary N) is 2. The number of rotatable bonds is 5. The van der Waals surface area contributed by atoms with Crippen LogP contribution in [0.3, 0.4) is 0 Å². The molecule has 0 unspecified atom stereocenters. The average Bonchev–Trinajstić information content (AvgIpc) is 3.57. The van der Waals surface area contributed by atoms with E-state index in [1.165, 1.54) is 23.1 Å². The Hall–Kier alpha value is -3.69. The van der Waals surface area contributed by atoms with E-state index in [4.69, 9.17) is 9.40 Å². The summed E-state index contributed by atoms with van der Waals surface area (Å²) in [6, 6.07) is 17.8. The Kier molecular flexibility index (Phi) is 4.85. The summed E-state index contributed by atoms with van der Waals surface area (Å²) in [5, 5.41) is 12.3. The molecule has 0 spiro atoms. The number of aromatic amines is 2. The maximum Gasteiger partial charge on any atom is 0.277 e. The molecule has 33 heavy (non-hydrogen) atoms. The van der Waals surface area contributed by atoms with Crippen LogP contribution in [0.2, 0.25) is 0 Å². The number of H-pyrrole nitrogens is 2. The molecule has 4 aromatic heterocycles. The molecule has 0 saturated heterocycles. The van der Waals surface area contributed by atoms with Crippen molar-refractivity contribution in [2.75, 3.05) is 0 Å². The van der Waals surface area contributed by atoms with Crippen molar-refractivity contribution in [1.29, 1.82) is 0 Å². The Labute approximate surface area is 195 Å². The first-order valence-electron chi connectivity index (χ1n) is 10.3. The molecule has 162 valence electrons. The predicted molar refractivity (Wildman–Crippen MR) is 132 cm³/mol. The van der Waals surface area contributed by atoms with Crippen molar-refractivity contribution in [2.24, 2.45) is 0 Å². The minimum Gasteiger partial charge on any atom is -0.411 e. The standard InChI is InChI=1S/C24H17N5O2S2/c1-13(33-24-29-28-22(31-24)16-11-25-18-10-6-5-9-15(16)18)20-26-21(30)19-17(12-32-23(19)27-20)14-7-3-2-4-8-14/h2-13,25H,1H3,(H,26,27,30)/t13-/m1/s1. The van der Waals surface area contributed by atoms with Crippen LogP contribution in [0.4, 0.5) is 0 Å². The van der Waals surface area contributed by atoms with E-state index in [9.17, 15) is 4.79 Å². The van der Waals surface area contributed by atoms with Gasteiger partial charge in [0.1, 0.15) is 10.7 Å². The van der Waals surface area contributed by atoms with Gasteiger partial charge in [0, 0.05) is 28.0 Å². The van der Waals surface area contributed by atoms with Gasteiger partial charge in [0.2, 0.25) is 0 Å². The molecule has 2 N–H and O–H groups in total. The maximum absolute atomic E-state index is 12.9. The van der Waals surface area contributed by atoms with Gasteiger partial charge in [0.15, 0.2) is 0 Å². The van der Waals surface area contributed by atoms with E-state index < -0.39 is 0 Å². The fourth-order valence-corrected chi connectivity index (χ4v) is 5.51. The third-order valence-corrected chi connectivity index (χ3v) is 7.25. The Bertz CT molecular complexity index is 1650. The smallest absolute Gasteiger partial charge is 0.277 e. The van der Waals surface area contributed by atoms with Gasteiger partial charge >= 0.3 is 0 Å². The third-order valence-electron chi connectivity index (χ3n) is 5.44. The Morgan fingerprint density at radius 3 is 2.73 bits per heavy atom. The second-order valence-corrected chi connectivity index (χ2v) is 9.68. The van der Waals surface area contributed by atoms with Gasteiger partial charge in [0.25, 0.3) is 16.7 Å². The van der Waals surface area contributed by atoms with Gasteiger partial charge in [-0.1, -0.05) is 60.3 Å². The minimum atomic E-state index is -0.180. The Morgan fingerprint density at radius 2 is 1.85 bits per heavy atom. The summed E-state index contributed by atoms with van der Waals surface area (Å²) in [4.78, 5) is 24.5. The maximum atomic E-state index is 12.9. The molecule has 9 heteroatoms. The molecular formula is C24H17N5O2S2. The zero-order valence-electron chi connectivity index (χ0n) is 17.4. The van der Waals surface area contributed by atoms with E-state index in [2.05, 4.69) is 20.2 Å². The SMILES string of the molecule is C[C@@H](Sc1nnc(-c2c[nH]c3ccccc23)o1)c1nc2scc(-c3ccccc3)c2c(=O)[nH]1. The minimum absolute atomic E-state index is 0.146. The number of fused-ring (bicyclic) bond motifs is 2. The number of hydrogen-bond donors (Lipinski definition) is 2. The molecule has 0 radical (unpaired) electrons. The number of nitrogens with zero attached hydrogens (tertiary/aromatic N) is 3. The molecule has 4 heterocycles. The lowest BCUT2D eigenvalue weighted by Gasteiger charge is -2.07. The van der Waals surface area contributed by atoms with Crippen LogP contribution in [0.25, 0.3) is 43.7 Å². The molecule has 0 amide bonds. The summed E-state index contributed by atoms with van der Waals surface area (Å²) in [7, 11) is 0. The summed E-state index contributed by atoms with van der Waals surface area (Å²) in [6.45, 7) is 1.95. The van der Waals surface area contributed by atoms with Gasteiger partial charge in [0.05, 0.1) is 16.2 Å². The first-order chi connectivity index (χ1) is 16.2. The number of aromatic nitrogens is 5. The largest absolute Gasteiger partial charge is 0.411 e. The van der Waals surface area contributed by atoms with E-state index in [1.807, 2.05) is 73.1 Å². The van der Waals surface area contributed by atoms with E-state index in [-0.39, 0.29) is 10.8 Å². The molecule has 0 aliphatic heterocycles. The quantitative estimate of drug-likeness (QED) is 0.298. The van der Waals surface area contributed by atoms with Crippen LogP contribution in [-0.4, -0.2) is 25.1 Å². The summed E-state index contributed by atoms with van der Waals surface area (Å²) in [5.41, 5.74) is 3.62. The molecule has 6 aromatic rings. The number of benzene rings is 2. The van der Waals surface area contributed by atoms with Crippen molar-refractivity contribution in [2.45, 2.75) is 17.4 Å². The van der Waals surface area contributed by atoms with Gasteiger partial charge in [-0.2, -0.15) is 0 Å². The second kappa shape index (κ2) is 8.02. The van der Waals surface area contributed by atoms with Gasteiger partial charge in [-0.25, -0.2) is 4.98 Å². The number of para-hydroxylation sites is 1. The van der Waals surface area contributed by atoms with Crippen molar-refractivity contribution in [3.05, 3.63) is 82.4 Å². The fourth-order valence-electron chi connectivity index (χ4n) is 3.81. The highest BCUT2D eigenvalue weighted by Gasteiger charge is 2.20. The van der Waals surface area contributed by atoms with Crippen molar-refractivity contribution >= 4 is 44.2 Å². The lowest BCUT2D eigenvalue weighted by Crippen LogP contribution is -2.12. The number of thiophene rings is 1. The molecule has 2 aromatic carbocycles. The van der Waals surface area contributed by atoms with Crippen LogP contribution in [0.1, 0.15) is 18.0 Å². The first kappa shape index (κ1) is 20.0. The van der Waals surface area contributed by atoms with Crippen molar-refractivity contribution in [3.8, 4) is 22.6 Å². The molecule has 0 aliphatic rings. The summed E-state index contributed by atoms with van der Waals surface area (Å²) < 4.78 is 5.91. The van der Waals surface area contributed by atoms with Crippen LogP contribution < -0.4 is 5.56 Å². The summed E-state index contributed by atoms with van der Waals surface area (Å²) in [5.74, 6) is 1.02. The molecule has 1 atom stereocenters. The molecule has 0 saturated carbocycles. The lowest BCUT2D eigenvalue weighted by atomic mass is 10.1. The molecule has 0 bridgehead atoms. The van der Waals surface area contributed by atoms with E-state index >= 15 is 0 Å². The fraction of sp³-hybridized carbons (Fsp3) is 0.0833. The molecule has 7 nitrogen and oxygen atoms in total. The Morgan fingerprint density at radius 1 is 1.03 bits per heavy atom. The normalized spacial score (nSPS) is 12.5. The zero-order valence-corrected chi connectivity index (χ0v) is 19.0. The first-order valence-corrected chi connectivity index (χ1v) is 12.1. The van der Waals surface area contributed by atoms with Crippen LogP contribution >= 0.6 is 23.1 Å². The lowest BCUT2D eigenvalue weighted by molar-refractivity contribution is 0.465. The third kappa shape index (κ3) is 3.55. The highest BCUT2D eigenvalue weighted by Crippen LogP contribution is 2.36. The molecule has 6 rings (SSSR count). The summed E-state index contributed by atoms with van der Waals surface area (Å²) >= 11 is 2.83. The number of thioether (sulfide) groups is 1. The van der Waals surface area contributed by atoms with E-state index in [0.717, 1.165) is 27.6 Å². The molecule has 0 aliphatic carbocycles. The van der Waals surface area contributed by atoms with Crippen LogP contribution in [0, 0.1) is 0 Å². The Balaban J connectivity index is 1.29. The van der Waals surface area contributed by atoms with Gasteiger partial charge in [-0.15, -0.1) is 21.5 Å². The van der Waals surface area contributed by atoms with Crippen molar-refractivity contribution in [3.63, 3.8) is 0 Å². The summed E-state index contributed by atoms with van der Waals surface area (Å²) in [6.07, 6.45) is 1.87. The number of hydrogen-bond acceptors (Lipinski definition) is 7. The second-order valence-electron chi connectivity index (χ2n) is 7.53. The van der Waals surface area contributed by atoms with Crippen LogP contribution in [0.5, 0.6) is 0 Å². The monoisotopic (exact) mass is 471 g/mol. The van der Waals surface area contributed by atoms with Gasteiger partial charge < -0.3 is 14.4 Å². The van der Waals surface area contributed by atoms with Crippen LogP contribution in [0.15, 0.2) is 80.6 Å². The highest BCUT2D eigenvalue weighted by molar-refractivity contribution is 7.99. The van der Waals surface area contributed by atoms with E-state index in [1.54, 1.807) is 0 Å². The van der Waals surface area contributed by atoms with Gasteiger partial charge in [-0.3, -0.25) is 4.79 Å². The zero-order chi connectivity index (χ0) is 22.4. The predicted octanol–water partition coefficient (Wildman–Crippen LogP) is 6.04. The van der Waals surface area contributed by atoms with E-state index in [0.29, 0.717) is 27.2 Å².